The molecule has 1 amide bonds. The highest BCUT2D eigenvalue weighted by molar-refractivity contribution is 5.85. The van der Waals surface area contributed by atoms with Crippen LogP contribution in [-0.2, 0) is 35.2 Å². The van der Waals surface area contributed by atoms with Crippen molar-refractivity contribution in [2.75, 3.05) is 19.0 Å². The van der Waals surface area contributed by atoms with Crippen LogP contribution in [0.5, 0.6) is 5.75 Å². The lowest BCUT2D eigenvalue weighted by Gasteiger charge is -2.33. The number of aliphatic hydroxyl groups excluding tert-OH is 1. The number of anilines is 1. The summed E-state index contributed by atoms with van der Waals surface area (Å²) in [7, 11) is 1.22. The van der Waals surface area contributed by atoms with Gasteiger partial charge in [-0.25, -0.2) is 0 Å². The van der Waals surface area contributed by atoms with Gasteiger partial charge in [0, 0.05) is 25.8 Å². The van der Waals surface area contributed by atoms with Gasteiger partial charge < -0.3 is 34.7 Å². The molecule has 3 N–H and O–H groups in total. The quantitative estimate of drug-likeness (QED) is 0.485. The topological polar surface area (TPSA) is 132 Å². The Morgan fingerprint density at radius 3 is 2.65 bits per heavy atom. The maximum atomic E-state index is 12.3. The van der Waals surface area contributed by atoms with Crippen molar-refractivity contribution in [3.8, 4) is 5.75 Å². The van der Waals surface area contributed by atoms with E-state index in [1.807, 2.05) is 13.8 Å². The molecule has 0 spiro atoms. The first-order valence-corrected chi connectivity index (χ1v) is 10.1. The van der Waals surface area contributed by atoms with Gasteiger partial charge in [0.15, 0.2) is 0 Å². The van der Waals surface area contributed by atoms with Crippen LogP contribution in [-0.4, -0.2) is 61.1 Å². The van der Waals surface area contributed by atoms with Crippen LogP contribution in [0.3, 0.4) is 0 Å². The van der Waals surface area contributed by atoms with E-state index in [1.165, 1.54) is 14.0 Å². The Hall–Kier alpha value is -2.85. The molecule has 10 nitrogen and oxygen atoms in total. The van der Waals surface area contributed by atoms with Crippen molar-refractivity contribution in [2.45, 2.75) is 64.8 Å². The highest BCUT2D eigenvalue weighted by Crippen LogP contribution is 2.31. The van der Waals surface area contributed by atoms with Gasteiger partial charge in [-0.1, -0.05) is 6.07 Å². The Labute approximate surface area is 181 Å². The van der Waals surface area contributed by atoms with Crippen molar-refractivity contribution in [1.82, 2.24) is 5.32 Å². The number of nitrogens with one attached hydrogen (secondary N) is 2. The number of methoxy groups -OCH3 is 1. The zero-order chi connectivity index (χ0) is 23.0. The minimum absolute atomic E-state index is 0.0798. The average Bonchev–Trinajstić information content (AvgIpc) is 2.71. The molecule has 1 aromatic carbocycles. The molecule has 0 bridgehead atoms. The van der Waals surface area contributed by atoms with Crippen molar-refractivity contribution in [1.29, 1.82) is 0 Å². The molecular weight excluding hydrogens is 408 g/mol. The van der Waals surface area contributed by atoms with Gasteiger partial charge in [-0.05, 0) is 31.5 Å². The van der Waals surface area contributed by atoms with Crippen molar-refractivity contribution in [3.05, 3.63) is 23.8 Å². The summed E-state index contributed by atoms with van der Waals surface area (Å²) < 4.78 is 21.2. The summed E-state index contributed by atoms with van der Waals surface area (Å²) in [5, 5.41) is 15.9. The molecule has 31 heavy (non-hydrogen) atoms. The van der Waals surface area contributed by atoms with Crippen LogP contribution in [0.2, 0.25) is 0 Å². The average molecular weight is 438 g/mol. The van der Waals surface area contributed by atoms with Crippen LogP contribution in [0.25, 0.3) is 0 Å². The standard InChI is InChI=1S/C21H30N2O8/c1-12(2)23-16-6-5-14(11-29-13(3)24)7-17(16)30-20-9-15(25)8-18(31-20)21(27)22-10-19(26)28-4/h5-7,12,15,18,20,23,25H,8-11H2,1-4H3,(H,22,27). The van der Waals surface area contributed by atoms with E-state index in [4.69, 9.17) is 14.2 Å². The Morgan fingerprint density at radius 1 is 1.26 bits per heavy atom. The molecule has 1 heterocycles. The number of rotatable bonds is 9. The first-order valence-electron chi connectivity index (χ1n) is 10.1. The molecule has 172 valence electrons. The van der Waals surface area contributed by atoms with E-state index in [0.717, 1.165) is 0 Å². The maximum Gasteiger partial charge on any atom is 0.325 e. The minimum atomic E-state index is -0.982. The number of amides is 1. The summed E-state index contributed by atoms with van der Waals surface area (Å²) in [6, 6.07) is 5.44. The summed E-state index contributed by atoms with van der Waals surface area (Å²) >= 11 is 0. The number of hydrogen-bond acceptors (Lipinski definition) is 9. The number of hydrogen-bond donors (Lipinski definition) is 3. The normalized spacial score (nSPS) is 20.6. The first-order chi connectivity index (χ1) is 14.7. The molecule has 2 rings (SSSR count). The second-order valence-corrected chi connectivity index (χ2v) is 7.50. The van der Waals surface area contributed by atoms with Gasteiger partial charge in [0.25, 0.3) is 0 Å². The molecule has 0 aromatic heterocycles. The van der Waals surface area contributed by atoms with Crippen LogP contribution in [0.15, 0.2) is 18.2 Å². The molecular formula is C21H30N2O8. The summed E-state index contributed by atoms with van der Waals surface area (Å²) in [5.74, 6) is -1.09. The molecule has 1 aliphatic heterocycles. The van der Waals surface area contributed by atoms with Gasteiger partial charge in [0.2, 0.25) is 12.2 Å². The fraction of sp³-hybridized carbons (Fsp3) is 0.571. The summed E-state index contributed by atoms with van der Waals surface area (Å²) in [5.41, 5.74) is 1.40. The van der Waals surface area contributed by atoms with Crippen LogP contribution < -0.4 is 15.4 Å². The molecule has 1 fully saturated rings. The summed E-state index contributed by atoms with van der Waals surface area (Å²) in [4.78, 5) is 34.6. The van der Waals surface area contributed by atoms with E-state index >= 15 is 0 Å². The van der Waals surface area contributed by atoms with Crippen LogP contribution >= 0.6 is 0 Å². The minimum Gasteiger partial charge on any atom is -0.468 e. The summed E-state index contributed by atoms with van der Waals surface area (Å²) in [6.07, 6.45) is -2.45. The predicted molar refractivity (Wildman–Crippen MR) is 110 cm³/mol. The lowest BCUT2D eigenvalue weighted by atomic mass is 10.0. The monoisotopic (exact) mass is 438 g/mol. The van der Waals surface area contributed by atoms with E-state index < -0.39 is 36.3 Å². The SMILES string of the molecule is COC(=O)CNC(=O)C1CC(O)CC(Oc2cc(COC(C)=O)ccc2NC(C)C)O1. The third kappa shape index (κ3) is 8.06. The molecule has 0 radical (unpaired) electrons. The predicted octanol–water partition coefficient (Wildman–Crippen LogP) is 1.10. The van der Waals surface area contributed by atoms with E-state index in [1.54, 1.807) is 18.2 Å². The van der Waals surface area contributed by atoms with E-state index in [-0.39, 0.29) is 32.0 Å². The number of esters is 2. The Bertz CT molecular complexity index is 783. The number of benzene rings is 1. The zero-order valence-corrected chi connectivity index (χ0v) is 18.2. The van der Waals surface area contributed by atoms with Gasteiger partial charge in [0.1, 0.15) is 25.0 Å². The fourth-order valence-corrected chi connectivity index (χ4v) is 2.96. The third-order valence-corrected chi connectivity index (χ3v) is 4.38. The lowest BCUT2D eigenvalue weighted by Crippen LogP contribution is -2.47. The van der Waals surface area contributed by atoms with Gasteiger partial charge in [-0.3, -0.25) is 14.4 Å². The molecule has 1 aromatic rings. The molecule has 1 aliphatic rings. The van der Waals surface area contributed by atoms with Gasteiger partial charge >= 0.3 is 11.9 Å². The second kappa shape index (κ2) is 11.5. The summed E-state index contributed by atoms with van der Waals surface area (Å²) in [6.45, 7) is 5.06. The van der Waals surface area contributed by atoms with Crippen LogP contribution in [0, 0.1) is 0 Å². The van der Waals surface area contributed by atoms with Crippen molar-refractivity contribution >= 4 is 23.5 Å². The third-order valence-electron chi connectivity index (χ3n) is 4.38. The van der Waals surface area contributed by atoms with Crippen molar-refractivity contribution in [2.24, 2.45) is 0 Å². The maximum absolute atomic E-state index is 12.3. The number of ether oxygens (including phenoxy) is 4. The Kier molecular flexibility index (Phi) is 9.07. The zero-order valence-electron chi connectivity index (χ0n) is 18.2. The fourth-order valence-electron chi connectivity index (χ4n) is 2.96. The van der Waals surface area contributed by atoms with Gasteiger partial charge in [-0.2, -0.15) is 0 Å². The Balaban J connectivity index is 2.12. The van der Waals surface area contributed by atoms with Crippen LogP contribution in [0.4, 0.5) is 5.69 Å². The molecule has 1 saturated heterocycles. The first kappa shape index (κ1) is 24.4. The number of aliphatic hydroxyl groups is 1. The second-order valence-electron chi connectivity index (χ2n) is 7.50. The Morgan fingerprint density at radius 2 is 2.00 bits per heavy atom. The van der Waals surface area contributed by atoms with Crippen molar-refractivity contribution in [3.63, 3.8) is 0 Å². The molecule has 0 saturated carbocycles. The lowest BCUT2D eigenvalue weighted by molar-refractivity contribution is -0.184. The van der Waals surface area contributed by atoms with E-state index in [0.29, 0.717) is 17.0 Å². The van der Waals surface area contributed by atoms with Crippen LogP contribution in [0.1, 0.15) is 39.2 Å². The highest BCUT2D eigenvalue weighted by atomic mass is 16.7. The highest BCUT2D eigenvalue weighted by Gasteiger charge is 2.34. The smallest absolute Gasteiger partial charge is 0.325 e. The molecule has 3 unspecified atom stereocenters. The number of carbonyl (C=O) groups excluding carboxylic acids is 3. The number of carbonyl (C=O) groups is 3. The van der Waals surface area contributed by atoms with Gasteiger partial charge in [0.05, 0.1) is 18.9 Å². The molecule has 10 heteroatoms. The van der Waals surface area contributed by atoms with Gasteiger partial charge in [-0.15, -0.1) is 0 Å². The van der Waals surface area contributed by atoms with E-state index in [2.05, 4.69) is 15.4 Å². The van der Waals surface area contributed by atoms with Crippen molar-refractivity contribution < 1.29 is 38.4 Å². The molecule has 0 aliphatic carbocycles. The molecule has 3 atom stereocenters. The largest absolute Gasteiger partial charge is 0.468 e. The van der Waals surface area contributed by atoms with E-state index in [9.17, 15) is 19.5 Å².